The Morgan fingerprint density at radius 1 is 0.684 bits per heavy atom. The predicted octanol–water partition coefficient (Wildman–Crippen LogP) is -1.49. The molecule has 0 saturated heterocycles. The first-order valence-corrected chi connectivity index (χ1v) is 6.34. The van der Waals surface area contributed by atoms with Crippen LogP contribution in [0.5, 0.6) is 0 Å². The van der Waals surface area contributed by atoms with Crippen molar-refractivity contribution in [2.75, 3.05) is 13.1 Å². The average molecular weight is 367 g/mol. The molecule has 7 heteroatoms. The largest absolute Gasteiger partial charge is 2.00 e. The molecule has 4 N–H and O–H groups in total. The zero-order chi connectivity index (χ0) is 14.2. The maximum Gasteiger partial charge on any atom is 2.00 e. The third kappa shape index (κ3) is 31.8. The summed E-state index contributed by atoms with van der Waals surface area (Å²) >= 11 is 0. The van der Waals surface area contributed by atoms with E-state index < -0.39 is 11.9 Å². The molecule has 0 atom stereocenters. The summed E-state index contributed by atoms with van der Waals surface area (Å²) < 4.78 is 0. The number of aliphatic carboxylic acids is 2. The van der Waals surface area contributed by atoms with Gasteiger partial charge in [-0.15, -0.1) is 0 Å². The van der Waals surface area contributed by atoms with Crippen molar-refractivity contribution in [2.24, 2.45) is 11.5 Å². The summed E-state index contributed by atoms with van der Waals surface area (Å²) in [7, 11) is 0. The second kappa shape index (κ2) is 19.9. The molecule has 116 valence electrons. The van der Waals surface area contributed by atoms with Crippen LogP contribution in [0.1, 0.15) is 51.4 Å². The monoisotopic (exact) mass is 366 g/mol. The zero-order valence-electron chi connectivity index (χ0n) is 11.2. The first-order valence-electron chi connectivity index (χ1n) is 6.34. The molecule has 19 heavy (non-hydrogen) atoms. The zero-order valence-corrected chi connectivity index (χ0v) is 12.7. The van der Waals surface area contributed by atoms with E-state index in [0.29, 0.717) is 25.9 Å². The van der Waals surface area contributed by atoms with Crippen molar-refractivity contribution in [1.82, 2.24) is 0 Å². The number of nitrogens with two attached hydrogens (primary N) is 2. The van der Waals surface area contributed by atoms with Gasteiger partial charge in [-0.1, -0.05) is 12.8 Å². The molecule has 0 aromatic heterocycles. The van der Waals surface area contributed by atoms with Gasteiger partial charge >= 0.3 is 20.4 Å². The van der Waals surface area contributed by atoms with Crippen molar-refractivity contribution in [3.63, 3.8) is 0 Å². The number of unbranched alkanes of at least 4 members (excludes halogenated alkanes) is 4. The van der Waals surface area contributed by atoms with Gasteiger partial charge in [0.2, 0.25) is 0 Å². The Bertz CT molecular complexity index is 194. The Morgan fingerprint density at radius 3 is 1.21 bits per heavy atom. The van der Waals surface area contributed by atoms with E-state index in [4.69, 9.17) is 11.5 Å². The summed E-state index contributed by atoms with van der Waals surface area (Å²) in [6.45, 7) is 1.29. The molecule has 0 heterocycles. The Balaban J connectivity index is -0.000000256. The van der Waals surface area contributed by atoms with Crippen LogP contribution < -0.4 is 21.7 Å². The first-order chi connectivity index (χ1) is 8.54. The summed E-state index contributed by atoms with van der Waals surface area (Å²) in [4.78, 5) is 19.6. The van der Waals surface area contributed by atoms with Gasteiger partial charge in [-0.05, 0) is 51.6 Å². The van der Waals surface area contributed by atoms with Crippen LogP contribution in [-0.2, 0) is 30.0 Å². The molecule has 0 rings (SSSR count). The summed E-state index contributed by atoms with van der Waals surface area (Å²) in [5.41, 5.74) is 10.4. The van der Waals surface area contributed by atoms with E-state index in [1.807, 2.05) is 0 Å². The number of carbonyl (C=O) groups is 2. The maximum atomic E-state index is 9.82. The van der Waals surface area contributed by atoms with Gasteiger partial charge in [-0.25, -0.2) is 0 Å². The minimum Gasteiger partial charge on any atom is -0.550 e. The van der Waals surface area contributed by atoms with Crippen molar-refractivity contribution < 1.29 is 40.2 Å². The van der Waals surface area contributed by atoms with E-state index >= 15 is 0 Å². The Hall–Kier alpha value is -0.478. The molecule has 0 fully saturated rings. The van der Waals surface area contributed by atoms with Crippen LogP contribution in [0.15, 0.2) is 0 Å². The van der Waals surface area contributed by atoms with Crippen LogP contribution >= 0.6 is 0 Å². The van der Waals surface area contributed by atoms with Crippen LogP contribution in [0.2, 0.25) is 0 Å². The van der Waals surface area contributed by atoms with Crippen LogP contribution in [0.25, 0.3) is 0 Å². The van der Waals surface area contributed by atoms with E-state index in [1.54, 1.807) is 0 Å². The van der Waals surface area contributed by atoms with Crippen molar-refractivity contribution in [3.05, 3.63) is 0 Å². The number of carboxylic acid groups (broad SMARTS) is 2. The standard InChI is InChI=1S/2C6H13NO2.Pd/c2*7-5-3-1-2-4-6(8)9;/h2*1-5,7H2,(H,8,9);/q;;+2/p-2. The van der Waals surface area contributed by atoms with E-state index in [2.05, 4.69) is 0 Å². The Kier molecular flexibility index (Phi) is 24.7. The van der Waals surface area contributed by atoms with Crippen LogP contribution in [0, 0.1) is 0 Å². The molecule has 0 aromatic rings. The second-order valence-electron chi connectivity index (χ2n) is 3.94. The number of hydrogen-bond acceptors (Lipinski definition) is 6. The van der Waals surface area contributed by atoms with Crippen LogP contribution in [-0.4, -0.2) is 25.0 Å². The van der Waals surface area contributed by atoms with Crippen molar-refractivity contribution in [3.8, 4) is 0 Å². The first kappa shape index (κ1) is 23.6. The van der Waals surface area contributed by atoms with Gasteiger partial charge in [-0.2, -0.15) is 0 Å². The maximum absolute atomic E-state index is 9.82. The van der Waals surface area contributed by atoms with Gasteiger partial charge < -0.3 is 31.3 Å². The normalized spacial score (nSPS) is 8.95. The number of hydrogen-bond donors (Lipinski definition) is 2. The van der Waals surface area contributed by atoms with E-state index in [1.165, 1.54) is 0 Å². The summed E-state index contributed by atoms with van der Waals surface area (Å²) in [5, 5.41) is 19.6. The molecule has 0 radical (unpaired) electrons. The average Bonchev–Trinajstić information content (AvgIpc) is 2.31. The minimum absolute atomic E-state index is 0. The third-order valence-corrected chi connectivity index (χ3v) is 2.17. The second-order valence-corrected chi connectivity index (χ2v) is 3.94. The van der Waals surface area contributed by atoms with Crippen LogP contribution in [0.3, 0.4) is 0 Å². The van der Waals surface area contributed by atoms with Gasteiger partial charge in [0.15, 0.2) is 0 Å². The van der Waals surface area contributed by atoms with Crippen molar-refractivity contribution in [1.29, 1.82) is 0 Å². The number of carboxylic acids is 2. The molecular weight excluding hydrogens is 343 g/mol. The molecule has 0 saturated carbocycles. The molecule has 0 spiro atoms. The summed E-state index contributed by atoms with van der Waals surface area (Å²) in [6, 6.07) is 0. The van der Waals surface area contributed by atoms with Gasteiger partial charge in [0.1, 0.15) is 0 Å². The fourth-order valence-corrected chi connectivity index (χ4v) is 1.18. The van der Waals surface area contributed by atoms with E-state index in [0.717, 1.165) is 25.7 Å². The number of rotatable bonds is 10. The molecule has 6 nitrogen and oxygen atoms in total. The van der Waals surface area contributed by atoms with Gasteiger partial charge in [-0.3, -0.25) is 0 Å². The molecule has 0 aliphatic rings. The molecule has 0 aliphatic heterocycles. The predicted molar refractivity (Wildman–Crippen MR) is 65.1 cm³/mol. The fraction of sp³-hybridized carbons (Fsp3) is 0.833. The fourth-order valence-electron chi connectivity index (χ4n) is 1.18. The van der Waals surface area contributed by atoms with Gasteiger partial charge in [0.25, 0.3) is 0 Å². The van der Waals surface area contributed by atoms with Crippen molar-refractivity contribution in [2.45, 2.75) is 51.4 Å². The molecular formula is C12H24N2O4Pd. The molecule has 0 aliphatic carbocycles. The third-order valence-electron chi connectivity index (χ3n) is 2.17. The topological polar surface area (TPSA) is 132 Å². The van der Waals surface area contributed by atoms with Gasteiger partial charge in [0, 0.05) is 11.9 Å². The quantitative estimate of drug-likeness (QED) is 0.357. The Morgan fingerprint density at radius 2 is 1.00 bits per heavy atom. The smallest absolute Gasteiger partial charge is 0.550 e. The SMILES string of the molecule is NCCCCCC(=O)[O-].NCCCCCC(=O)[O-].[Pd+2]. The molecule has 0 unspecified atom stereocenters. The summed E-state index contributed by atoms with van der Waals surface area (Å²) in [5.74, 6) is -1.93. The van der Waals surface area contributed by atoms with Crippen molar-refractivity contribution >= 4 is 11.9 Å². The minimum atomic E-state index is -0.966. The van der Waals surface area contributed by atoms with Gasteiger partial charge in [0.05, 0.1) is 0 Å². The molecule has 0 amide bonds. The molecule has 0 bridgehead atoms. The van der Waals surface area contributed by atoms with Crippen LogP contribution in [0.4, 0.5) is 0 Å². The van der Waals surface area contributed by atoms with E-state index in [9.17, 15) is 19.8 Å². The van der Waals surface area contributed by atoms with E-state index in [-0.39, 0.29) is 33.3 Å². The Labute approximate surface area is 128 Å². The summed E-state index contributed by atoms with van der Waals surface area (Å²) in [6.07, 6.45) is 5.33. The number of carbonyl (C=O) groups excluding carboxylic acids is 2. The molecule has 0 aromatic carbocycles.